The third-order valence-corrected chi connectivity index (χ3v) is 6.79. The third-order valence-electron chi connectivity index (χ3n) is 6.79. The number of aromatic nitrogens is 1. The van der Waals surface area contributed by atoms with E-state index in [1.54, 1.807) is 20.2 Å². The minimum Gasteiger partial charge on any atom is -0.493 e. The lowest BCUT2D eigenvalue weighted by Crippen LogP contribution is -2.38. The summed E-state index contributed by atoms with van der Waals surface area (Å²) in [5.41, 5.74) is 0.876. The van der Waals surface area contributed by atoms with Gasteiger partial charge in [0, 0.05) is 50.6 Å². The van der Waals surface area contributed by atoms with Crippen molar-refractivity contribution in [2.24, 2.45) is 5.92 Å². The summed E-state index contributed by atoms with van der Waals surface area (Å²) < 4.78 is 17.6. The lowest BCUT2D eigenvalue weighted by atomic mass is 9.98. The van der Waals surface area contributed by atoms with Gasteiger partial charge in [-0.25, -0.2) is 4.98 Å². The Kier molecular flexibility index (Phi) is 9.06. The number of nitrogens with zero attached hydrogens (tertiary/aromatic N) is 3. The zero-order valence-corrected chi connectivity index (χ0v) is 21.0. The molecular formula is C27H38N4O4. The number of pyridine rings is 1. The molecule has 8 nitrogen and oxygen atoms in total. The monoisotopic (exact) mass is 482 g/mol. The van der Waals surface area contributed by atoms with Gasteiger partial charge in [0.05, 0.1) is 20.3 Å². The van der Waals surface area contributed by atoms with Gasteiger partial charge in [0.25, 0.3) is 0 Å². The van der Waals surface area contributed by atoms with Crippen LogP contribution in [0.2, 0.25) is 0 Å². The zero-order chi connectivity index (χ0) is 24.5. The molecule has 3 heterocycles. The molecule has 0 atom stereocenters. The van der Waals surface area contributed by atoms with Gasteiger partial charge in [-0.2, -0.15) is 0 Å². The van der Waals surface area contributed by atoms with E-state index in [0.717, 1.165) is 61.8 Å². The van der Waals surface area contributed by atoms with Crippen molar-refractivity contribution in [1.82, 2.24) is 14.8 Å². The van der Waals surface area contributed by atoms with Crippen molar-refractivity contribution < 1.29 is 19.0 Å². The van der Waals surface area contributed by atoms with Crippen LogP contribution in [-0.2, 0) is 4.79 Å². The highest BCUT2D eigenvalue weighted by molar-refractivity contribution is 5.73. The average molecular weight is 483 g/mol. The van der Waals surface area contributed by atoms with Crippen LogP contribution in [0.25, 0.3) is 0 Å². The number of rotatable bonds is 11. The molecule has 2 aliphatic heterocycles. The quantitative estimate of drug-likeness (QED) is 0.478. The number of piperidine rings is 1. The number of carbonyl (C=O) groups is 1. The average Bonchev–Trinajstić information content (AvgIpc) is 3.40. The van der Waals surface area contributed by atoms with Crippen molar-refractivity contribution in [3.05, 3.63) is 36.5 Å². The van der Waals surface area contributed by atoms with E-state index >= 15 is 0 Å². The topological polar surface area (TPSA) is 76.2 Å². The van der Waals surface area contributed by atoms with Crippen molar-refractivity contribution in [2.75, 3.05) is 58.4 Å². The van der Waals surface area contributed by atoms with Gasteiger partial charge >= 0.3 is 0 Å². The predicted molar refractivity (Wildman–Crippen MR) is 137 cm³/mol. The van der Waals surface area contributed by atoms with E-state index < -0.39 is 0 Å². The second-order valence-electron chi connectivity index (χ2n) is 9.38. The van der Waals surface area contributed by atoms with Crippen LogP contribution in [0.15, 0.2) is 36.5 Å². The summed E-state index contributed by atoms with van der Waals surface area (Å²) >= 11 is 0. The Bertz CT molecular complexity index is 956. The number of anilines is 2. The number of methoxy groups -OCH3 is 1. The van der Waals surface area contributed by atoms with Gasteiger partial charge in [0.1, 0.15) is 11.6 Å². The number of benzene rings is 1. The third kappa shape index (κ3) is 7.49. The molecule has 8 heteroatoms. The summed E-state index contributed by atoms with van der Waals surface area (Å²) in [5.74, 6) is 3.55. The van der Waals surface area contributed by atoms with Crippen molar-refractivity contribution in [3.63, 3.8) is 0 Å². The molecule has 0 spiro atoms. The maximum absolute atomic E-state index is 11.5. The van der Waals surface area contributed by atoms with E-state index in [-0.39, 0.29) is 5.91 Å². The molecule has 2 aromatic rings. The molecule has 0 radical (unpaired) electrons. The Morgan fingerprint density at radius 3 is 2.60 bits per heavy atom. The molecule has 4 rings (SSSR count). The normalized spacial score (nSPS) is 16.8. The summed E-state index contributed by atoms with van der Waals surface area (Å²) in [4.78, 5) is 20.3. The molecule has 1 amide bonds. The summed E-state index contributed by atoms with van der Waals surface area (Å²) in [6.45, 7) is 8.05. The van der Waals surface area contributed by atoms with E-state index in [1.165, 1.54) is 25.9 Å². The van der Waals surface area contributed by atoms with Crippen LogP contribution in [0, 0.1) is 5.92 Å². The molecule has 190 valence electrons. The van der Waals surface area contributed by atoms with Gasteiger partial charge in [-0.15, -0.1) is 0 Å². The molecule has 2 fully saturated rings. The first-order chi connectivity index (χ1) is 17.1. The first-order valence-corrected chi connectivity index (χ1v) is 12.8. The first-order valence-electron chi connectivity index (χ1n) is 12.8. The second-order valence-corrected chi connectivity index (χ2v) is 9.38. The zero-order valence-electron chi connectivity index (χ0n) is 21.0. The molecule has 0 unspecified atom stereocenters. The maximum atomic E-state index is 11.5. The number of hydrogen-bond donors (Lipinski definition) is 1. The number of carbonyl (C=O) groups excluding carboxylic acids is 1. The van der Waals surface area contributed by atoms with E-state index in [4.69, 9.17) is 14.2 Å². The largest absolute Gasteiger partial charge is 0.493 e. The van der Waals surface area contributed by atoms with Crippen LogP contribution >= 0.6 is 0 Å². The fraction of sp³-hybridized carbons (Fsp3) is 0.556. The van der Waals surface area contributed by atoms with Gasteiger partial charge in [-0.05, 0) is 69.3 Å². The molecule has 0 saturated carbocycles. The van der Waals surface area contributed by atoms with Gasteiger partial charge in [0.15, 0.2) is 11.5 Å². The number of hydrogen-bond acceptors (Lipinski definition) is 7. The van der Waals surface area contributed by atoms with E-state index in [0.29, 0.717) is 24.9 Å². The van der Waals surface area contributed by atoms with Gasteiger partial charge in [0.2, 0.25) is 5.91 Å². The number of ether oxygens (including phenoxy) is 3. The Labute approximate surface area is 208 Å². The number of nitrogens with one attached hydrogen (secondary N) is 1. The van der Waals surface area contributed by atoms with Crippen molar-refractivity contribution in [1.29, 1.82) is 0 Å². The van der Waals surface area contributed by atoms with Crippen LogP contribution < -0.4 is 19.5 Å². The molecule has 1 aromatic heterocycles. The first kappa shape index (κ1) is 25.1. The molecular weight excluding hydrogens is 444 g/mol. The molecule has 0 bridgehead atoms. The summed E-state index contributed by atoms with van der Waals surface area (Å²) in [7, 11) is 1.66. The van der Waals surface area contributed by atoms with Crippen LogP contribution in [0.4, 0.5) is 11.5 Å². The van der Waals surface area contributed by atoms with Crippen molar-refractivity contribution in [3.8, 4) is 17.2 Å². The molecule has 2 aliphatic rings. The lowest BCUT2D eigenvalue weighted by molar-refractivity contribution is -0.130. The second kappa shape index (κ2) is 12.6. The van der Waals surface area contributed by atoms with Gasteiger partial charge in [-0.1, -0.05) is 0 Å². The van der Waals surface area contributed by atoms with Crippen LogP contribution in [0.3, 0.4) is 0 Å². The number of likely N-dealkylation sites (tertiary alicyclic amines) is 2. The molecule has 0 aliphatic carbocycles. The van der Waals surface area contributed by atoms with E-state index in [9.17, 15) is 4.79 Å². The fourth-order valence-corrected chi connectivity index (χ4v) is 4.69. The molecule has 35 heavy (non-hydrogen) atoms. The van der Waals surface area contributed by atoms with E-state index in [1.807, 2.05) is 35.2 Å². The Balaban J connectivity index is 1.28. The van der Waals surface area contributed by atoms with Crippen LogP contribution in [0.5, 0.6) is 17.2 Å². The molecule has 2 saturated heterocycles. The molecule has 1 aromatic carbocycles. The van der Waals surface area contributed by atoms with Crippen LogP contribution in [-0.4, -0.2) is 73.7 Å². The van der Waals surface area contributed by atoms with E-state index in [2.05, 4.69) is 15.2 Å². The lowest BCUT2D eigenvalue weighted by Gasteiger charge is -2.31. The predicted octanol–water partition coefficient (Wildman–Crippen LogP) is 4.34. The highest BCUT2D eigenvalue weighted by Crippen LogP contribution is 2.32. The van der Waals surface area contributed by atoms with Crippen molar-refractivity contribution >= 4 is 17.4 Å². The standard InChI is InChI=1S/C27H38N4O4/c1-21(32)31-15-9-22(10-16-31)20-35-24-8-11-28-27(19-24)29-23-6-7-25(33-2)26(18-23)34-17-5-14-30-12-3-4-13-30/h6-8,11,18-19,22H,3-5,9-10,12-17,20H2,1-2H3,(H,28,29). The van der Waals surface area contributed by atoms with Gasteiger partial charge in [-0.3, -0.25) is 4.79 Å². The maximum Gasteiger partial charge on any atom is 0.219 e. The summed E-state index contributed by atoms with van der Waals surface area (Å²) in [5, 5.41) is 3.35. The highest BCUT2D eigenvalue weighted by atomic mass is 16.5. The van der Waals surface area contributed by atoms with Gasteiger partial charge < -0.3 is 29.3 Å². The fourth-order valence-electron chi connectivity index (χ4n) is 4.69. The summed E-state index contributed by atoms with van der Waals surface area (Å²) in [6, 6.07) is 9.59. The smallest absolute Gasteiger partial charge is 0.219 e. The summed E-state index contributed by atoms with van der Waals surface area (Å²) in [6.07, 6.45) is 7.31. The minimum absolute atomic E-state index is 0.156. The Morgan fingerprint density at radius 2 is 1.86 bits per heavy atom. The van der Waals surface area contributed by atoms with Crippen molar-refractivity contribution in [2.45, 2.75) is 39.0 Å². The number of amides is 1. The van der Waals surface area contributed by atoms with Crippen LogP contribution in [0.1, 0.15) is 39.0 Å². The highest BCUT2D eigenvalue weighted by Gasteiger charge is 2.21. The SMILES string of the molecule is COc1ccc(Nc2cc(OCC3CCN(C(C)=O)CC3)ccn2)cc1OCCCN1CCCC1. The minimum atomic E-state index is 0.156. The molecule has 1 N–H and O–H groups in total. The Hall–Kier alpha value is -3.00. The Morgan fingerprint density at radius 1 is 1.06 bits per heavy atom.